The highest BCUT2D eigenvalue weighted by Gasteiger charge is 2.23. The molecule has 0 radical (unpaired) electrons. The molecule has 1 heterocycles. The van der Waals surface area contributed by atoms with Crippen LogP contribution in [0.1, 0.15) is 43.0 Å². The maximum Gasteiger partial charge on any atom is 0.164 e. The van der Waals surface area contributed by atoms with Crippen molar-refractivity contribution in [2.24, 2.45) is 5.92 Å². The van der Waals surface area contributed by atoms with Gasteiger partial charge in [0.25, 0.3) is 0 Å². The SMILES string of the molecule is CCC1CCNC(CC(=O)c2ccc(F)c(Cl)c2)C1. The van der Waals surface area contributed by atoms with Crippen LogP contribution >= 0.6 is 11.6 Å². The van der Waals surface area contributed by atoms with E-state index < -0.39 is 5.82 Å². The first-order valence-electron chi connectivity index (χ1n) is 6.81. The Kier molecular flexibility index (Phi) is 4.94. The number of halogens is 2. The molecule has 104 valence electrons. The van der Waals surface area contributed by atoms with Crippen LogP contribution in [0.25, 0.3) is 0 Å². The molecule has 0 spiro atoms. The zero-order chi connectivity index (χ0) is 13.8. The van der Waals surface area contributed by atoms with E-state index in [1.54, 1.807) is 0 Å². The standard InChI is InChI=1S/C15H19ClFNO/c1-2-10-5-6-18-12(7-10)9-15(19)11-3-4-14(17)13(16)8-11/h3-4,8,10,12,18H,2,5-7,9H2,1H3. The Morgan fingerprint density at radius 1 is 1.53 bits per heavy atom. The highest BCUT2D eigenvalue weighted by atomic mass is 35.5. The maximum atomic E-state index is 13.1. The Hall–Kier alpha value is -0.930. The number of nitrogens with one attached hydrogen (secondary N) is 1. The van der Waals surface area contributed by atoms with Crippen molar-refractivity contribution in [1.82, 2.24) is 5.32 Å². The van der Waals surface area contributed by atoms with Gasteiger partial charge in [0.15, 0.2) is 5.78 Å². The second-order valence-electron chi connectivity index (χ2n) is 5.21. The Labute approximate surface area is 118 Å². The molecule has 1 aliphatic heterocycles. The number of carbonyl (C=O) groups excluding carboxylic acids is 1. The van der Waals surface area contributed by atoms with Crippen molar-refractivity contribution in [3.63, 3.8) is 0 Å². The van der Waals surface area contributed by atoms with E-state index in [9.17, 15) is 9.18 Å². The summed E-state index contributed by atoms with van der Waals surface area (Å²) >= 11 is 5.70. The van der Waals surface area contributed by atoms with Crippen LogP contribution in [0.5, 0.6) is 0 Å². The highest BCUT2D eigenvalue weighted by Crippen LogP contribution is 2.23. The zero-order valence-corrected chi connectivity index (χ0v) is 11.8. The van der Waals surface area contributed by atoms with E-state index in [4.69, 9.17) is 11.6 Å². The lowest BCUT2D eigenvalue weighted by atomic mass is 9.87. The lowest BCUT2D eigenvalue weighted by Gasteiger charge is -2.29. The number of hydrogen-bond acceptors (Lipinski definition) is 2. The summed E-state index contributed by atoms with van der Waals surface area (Å²) in [5, 5.41) is 3.39. The van der Waals surface area contributed by atoms with E-state index in [1.807, 2.05) is 0 Å². The predicted octanol–water partition coefficient (Wildman–Crippen LogP) is 3.83. The van der Waals surface area contributed by atoms with Crippen LogP contribution in [0, 0.1) is 11.7 Å². The van der Waals surface area contributed by atoms with Crippen molar-refractivity contribution in [2.45, 2.75) is 38.6 Å². The fourth-order valence-corrected chi connectivity index (χ4v) is 2.81. The smallest absolute Gasteiger partial charge is 0.164 e. The van der Waals surface area contributed by atoms with E-state index in [0.717, 1.165) is 19.4 Å². The Morgan fingerprint density at radius 2 is 2.32 bits per heavy atom. The van der Waals surface area contributed by atoms with Gasteiger partial charge in [-0.2, -0.15) is 0 Å². The molecular weight excluding hydrogens is 265 g/mol. The van der Waals surface area contributed by atoms with Gasteiger partial charge in [-0.05, 0) is 43.5 Å². The van der Waals surface area contributed by atoms with Crippen molar-refractivity contribution in [2.75, 3.05) is 6.54 Å². The van der Waals surface area contributed by atoms with E-state index >= 15 is 0 Å². The third kappa shape index (κ3) is 3.77. The molecular formula is C15H19ClFNO. The van der Waals surface area contributed by atoms with Crippen molar-refractivity contribution in [1.29, 1.82) is 0 Å². The van der Waals surface area contributed by atoms with Crippen LogP contribution in [0.3, 0.4) is 0 Å². The number of carbonyl (C=O) groups is 1. The first-order valence-corrected chi connectivity index (χ1v) is 7.19. The van der Waals surface area contributed by atoms with Crippen LogP contribution in [-0.4, -0.2) is 18.4 Å². The molecule has 2 atom stereocenters. The van der Waals surface area contributed by atoms with E-state index in [-0.39, 0.29) is 16.8 Å². The summed E-state index contributed by atoms with van der Waals surface area (Å²) in [6, 6.07) is 4.40. The van der Waals surface area contributed by atoms with Crippen molar-refractivity contribution >= 4 is 17.4 Å². The van der Waals surface area contributed by atoms with Gasteiger partial charge in [0.2, 0.25) is 0 Å². The van der Waals surface area contributed by atoms with Crippen LogP contribution in [0.2, 0.25) is 5.02 Å². The summed E-state index contributed by atoms with van der Waals surface area (Å²) in [7, 11) is 0. The Balaban J connectivity index is 1.98. The quantitative estimate of drug-likeness (QED) is 0.851. The molecule has 0 aliphatic carbocycles. The van der Waals surface area contributed by atoms with Gasteiger partial charge in [-0.25, -0.2) is 4.39 Å². The second-order valence-corrected chi connectivity index (χ2v) is 5.61. The molecule has 1 aromatic carbocycles. The lowest BCUT2D eigenvalue weighted by Crippen LogP contribution is -2.39. The van der Waals surface area contributed by atoms with Crippen LogP contribution < -0.4 is 5.32 Å². The predicted molar refractivity (Wildman–Crippen MR) is 75.2 cm³/mol. The van der Waals surface area contributed by atoms with Crippen molar-refractivity contribution in [3.8, 4) is 0 Å². The molecule has 19 heavy (non-hydrogen) atoms. The van der Waals surface area contributed by atoms with Gasteiger partial charge in [-0.15, -0.1) is 0 Å². The number of ketones is 1. The van der Waals surface area contributed by atoms with Crippen molar-refractivity contribution in [3.05, 3.63) is 34.6 Å². The largest absolute Gasteiger partial charge is 0.314 e. The molecule has 2 rings (SSSR count). The Bertz CT molecular complexity index is 463. The third-order valence-corrected chi connectivity index (χ3v) is 4.14. The van der Waals surface area contributed by atoms with Crippen LogP contribution in [0.4, 0.5) is 4.39 Å². The molecule has 1 aromatic rings. The highest BCUT2D eigenvalue weighted by molar-refractivity contribution is 6.31. The molecule has 0 saturated carbocycles. The minimum atomic E-state index is -0.486. The molecule has 1 aliphatic rings. The maximum absolute atomic E-state index is 13.1. The topological polar surface area (TPSA) is 29.1 Å². The molecule has 1 saturated heterocycles. The number of piperidine rings is 1. The molecule has 0 amide bonds. The van der Waals surface area contributed by atoms with Crippen LogP contribution in [-0.2, 0) is 0 Å². The second kappa shape index (κ2) is 6.49. The lowest BCUT2D eigenvalue weighted by molar-refractivity contribution is 0.0957. The monoisotopic (exact) mass is 283 g/mol. The molecule has 2 unspecified atom stereocenters. The molecule has 1 fully saturated rings. The molecule has 0 bridgehead atoms. The van der Waals surface area contributed by atoms with Gasteiger partial charge in [0.05, 0.1) is 5.02 Å². The normalized spacial score (nSPS) is 23.3. The molecule has 0 aromatic heterocycles. The van der Waals surface area contributed by atoms with Gasteiger partial charge >= 0.3 is 0 Å². The van der Waals surface area contributed by atoms with E-state index in [1.165, 1.54) is 24.6 Å². The number of benzene rings is 1. The minimum Gasteiger partial charge on any atom is -0.314 e. The average molecular weight is 284 g/mol. The first-order chi connectivity index (χ1) is 9.10. The molecule has 4 heteroatoms. The third-order valence-electron chi connectivity index (χ3n) is 3.85. The van der Waals surface area contributed by atoms with E-state index in [0.29, 0.717) is 17.9 Å². The number of rotatable bonds is 4. The summed E-state index contributed by atoms with van der Waals surface area (Å²) in [5.41, 5.74) is 0.492. The summed E-state index contributed by atoms with van der Waals surface area (Å²) in [6.45, 7) is 3.16. The van der Waals surface area contributed by atoms with Gasteiger partial charge in [0, 0.05) is 18.0 Å². The fourth-order valence-electron chi connectivity index (χ4n) is 2.63. The Morgan fingerprint density at radius 3 is 3.00 bits per heavy atom. The molecule has 1 N–H and O–H groups in total. The van der Waals surface area contributed by atoms with E-state index in [2.05, 4.69) is 12.2 Å². The minimum absolute atomic E-state index is 0.00823. The fraction of sp³-hybridized carbons (Fsp3) is 0.533. The summed E-state index contributed by atoms with van der Waals surface area (Å²) in [4.78, 5) is 12.2. The molecule has 2 nitrogen and oxygen atoms in total. The first kappa shape index (κ1) is 14.5. The summed E-state index contributed by atoms with van der Waals surface area (Å²) < 4.78 is 13.1. The van der Waals surface area contributed by atoms with Gasteiger partial charge in [-0.1, -0.05) is 24.9 Å². The number of hydrogen-bond donors (Lipinski definition) is 1. The zero-order valence-electron chi connectivity index (χ0n) is 11.1. The summed E-state index contributed by atoms with van der Waals surface area (Å²) in [5.74, 6) is 0.243. The van der Waals surface area contributed by atoms with Crippen molar-refractivity contribution < 1.29 is 9.18 Å². The van der Waals surface area contributed by atoms with Gasteiger partial charge in [0.1, 0.15) is 5.82 Å². The van der Waals surface area contributed by atoms with Crippen LogP contribution in [0.15, 0.2) is 18.2 Å². The number of Topliss-reactive ketones (excluding diaryl/α,β-unsaturated/α-hetero) is 1. The van der Waals surface area contributed by atoms with Gasteiger partial charge < -0.3 is 5.32 Å². The average Bonchev–Trinajstić information content (AvgIpc) is 2.42. The van der Waals surface area contributed by atoms with Gasteiger partial charge in [-0.3, -0.25) is 4.79 Å². The summed E-state index contributed by atoms with van der Waals surface area (Å²) in [6.07, 6.45) is 3.84.